The molecule has 3 nitrogen and oxygen atoms in total. The van der Waals surface area contributed by atoms with Gasteiger partial charge in [0.05, 0.1) is 6.54 Å². The van der Waals surface area contributed by atoms with Gasteiger partial charge in [-0.1, -0.05) is 17.7 Å². The highest BCUT2D eigenvalue weighted by atomic mass is 35.5. The molecule has 0 aliphatic heterocycles. The van der Waals surface area contributed by atoms with Crippen LogP contribution in [0.3, 0.4) is 0 Å². The molecule has 1 aromatic rings. The van der Waals surface area contributed by atoms with E-state index in [0.29, 0.717) is 6.54 Å². The number of aryl methyl sites for hydroxylation is 1. The van der Waals surface area contributed by atoms with Gasteiger partial charge in [0.2, 0.25) is 5.91 Å². The fraction of sp³-hybridized carbons (Fsp3) is 0.500. The van der Waals surface area contributed by atoms with Crippen LogP contribution in [0.4, 0.5) is 0 Å². The topological polar surface area (TPSA) is 32.3 Å². The molecule has 1 aromatic carbocycles. The van der Waals surface area contributed by atoms with Gasteiger partial charge in [-0.15, -0.1) is 0 Å². The molecule has 1 aliphatic rings. The van der Waals surface area contributed by atoms with E-state index in [1.165, 1.54) is 11.1 Å². The molecular formula is C14H19ClN2O. The van der Waals surface area contributed by atoms with Gasteiger partial charge in [0, 0.05) is 24.7 Å². The number of hydrogen-bond acceptors (Lipinski definition) is 2. The summed E-state index contributed by atoms with van der Waals surface area (Å²) < 4.78 is 0. The minimum atomic E-state index is 0.139. The van der Waals surface area contributed by atoms with E-state index in [2.05, 4.69) is 11.4 Å². The zero-order valence-electron chi connectivity index (χ0n) is 10.9. The summed E-state index contributed by atoms with van der Waals surface area (Å²) >= 11 is 5.98. The van der Waals surface area contributed by atoms with Gasteiger partial charge in [0.25, 0.3) is 0 Å². The summed E-state index contributed by atoms with van der Waals surface area (Å²) in [6.07, 6.45) is 2.07. The Hall–Kier alpha value is -1.06. The van der Waals surface area contributed by atoms with Crippen molar-refractivity contribution >= 4 is 17.5 Å². The van der Waals surface area contributed by atoms with Crippen LogP contribution in [0.15, 0.2) is 18.2 Å². The second-order valence-corrected chi connectivity index (χ2v) is 5.16. The fourth-order valence-corrected chi connectivity index (χ4v) is 2.51. The lowest BCUT2D eigenvalue weighted by atomic mass is 10.1. The lowest BCUT2D eigenvalue weighted by molar-refractivity contribution is -0.128. The van der Waals surface area contributed by atoms with E-state index in [1.54, 1.807) is 4.90 Å². The average Bonchev–Trinajstić information content (AvgIpc) is 2.77. The Balaban J connectivity index is 1.96. The van der Waals surface area contributed by atoms with Crippen LogP contribution in [-0.4, -0.2) is 30.9 Å². The molecule has 18 heavy (non-hydrogen) atoms. The molecule has 0 saturated carbocycles. The first-order chi connectivity index (χ1) is 8.61. The summed E-state index contributed by atoms with van der Waals surface area (Å²) in [6, 6.07) is 6.29. The van der Waals surface area contributed by atoms with E-state index in [9.17, 15) is 4.79 Å². The van der Waals surface area contributed by atoms with Gasteiger partial charge in [-0.25, -0.2) is 0 Å². The molecule has 4 heteroatoms. The Morgan fingerprint density at radius 2 is 2.33 bits per heavy atom. The molecule has 0 heterocycles. The van der Waals surface area contributed by atoms with Crippen LogP contribution in [0.1, 0.15) is 30.5 Å². The first kappa shape index (κ1) is 13.4. The number of nitrogens with one attached hydrogen (secondary N) is 1. The van der Waals surface area contributed by atoms with Crippen LogP contribution in [0.2, 0.25) is 5.02 Å². The second-order valence-electron chi connectivity index (χ2n) is 4.72. The van der Waals surface area contributed by atoms with Gasteiger partial charge >= 0.3 is 0 Å². The molecular weight excluding hydrogens is 248 g/mol. The number of hydrogen-bond donors (Lipinski definition) is 1. The molecule has 0 radical (unpaired) electrons. The highest BCUT2D eigenvalue weighted by Gasteiger charge is 2.22. The van der Waals surface area contributed by atoms with Crippen molar-refractivity contribution in [1.29, 1.82) is 0 Å². The normalized spacial score (nSPS) is 17.6. The molecule has 2 rings (SSSR count). The van der Waals surface area contributed by atoms with Gasteiger partial charge in [0.15, 0.2) is 0 Å². The Morgan fingerprint density at radius 3 is 3.06 bits per heavy atom. The van der Waals surface area contributed by atoms with E-state index in [0.717, 1.165) is 24.4 Å². The standard InChI is InChI=1S/C14H19ClN2O/c1-3-17(2)14(18)9-16-13-7-4-10-8-11(15)5-6-12(10)13/h5-6,8,13,16H,3-4,7,9H2,1-2H3. The maximum absolute atomic E-state index is 11.7. The van der Waals surface area contributed by atoms with Gasteiger partial charge in [-0.2, -0.15) is 0 Å². The first-order valence-electron chi connectivity index (χ1n) is 6.37. The number of rotatable bonds is 4. The highest BCUT2D eigenvalue weighted by Crippen LogP contribution is 2.32. The Labute approximate surface area is 113 Å². The Bertz CT molecular complexity index is 447. The third-order valence-corrected chi connectivity index (χ3v) is 3.82. The van der Waals surface area contributed by atoms with Crippen molar-refractivity contribution in [2.75, 3.05) is 20.1 Å². The summed E-state index contributed by atoms with van der Waals surface area (Å²) in [7, 11) is 1.83. The number of halogens is 1. The number of nitrogens with zero attached hydrogens (tertiary/aromatic N) is 1. The predicted octanol–water partition coefficient (Wildman–Crippen LogP) is 2.40. The van der Waals surface area contributed by atoms with Crippen molar-refractivity contribution < 1.29 is 4.79 Å². The minimum absolute atomic E-state index is 0.139. The van der Waals surface area contributed by atoms with Crippen molar-refractivity contribution in [2.24, 2.45) is 0 Å². The third kappa shape index (κ3) is 2.85. The van der Waals surface area contributed by atoms with Crippen molar-refractivity contribution in [3.63, 3.8) is 0 Å². The molecule has 0 fully saturated rings. The zero-order valence-corrected chi connectivity index (χ0v) is 11.6. The van der Waals surface area contributed by atoms with Gasteiger partial charge in [-0.3, -0.25) is 4.79 Å². The third-order valence-electron chi connectivity index (χ3n) is 3.58. The van der Waals surface area contributed by atoms with Crippen LogP contribution >= 0.6 is 11.6 Å². The van der Waals surface area contributed by atoms with Crippen molar-refractivity contribution in [1.82, 2.24) is 10.2 Å². The van der Waals surface area contributed by atoms with E-state index in [-0.39, 0.29) is 11.9 Å². The zero-order chi connectivity index (χ0) is 13.1. The summed E-state index contributed by atoms with van der Waals surface area (Å²) in [4.78, 5) is 13.5. The summed E-state index contributed by atoms with van der Waals surface area (Å²) in [5.41, 5.74) is 2.59. The van der Waals surface area contributed by atoms with Crippen LogP contribution in [0, 0.1) is 0 Å². The smallest absolute Gasteiger partial charge is 0.236 e. The van der Waals surface area contributed by atoms with Gasteiger partial charge in [0.1, 0.15) is 0 Å². The van der Waals surface area contributed by atoms with Crippen molar-refractivity contribution in [3.05, 3.63) is 34.3 Å². The van der Waals surface area contributed by atoms with E-state index in [1.807, 2.05) is 26.1 Å². The molecule has 1 aliphatic carbocycles. The monoisotopic (exact) mass is 266 g/mol. The van der Waals surface area contributed by atoms with Crippen LogP contribution in [-0.2, 0) is 11.2 Å². The number of likely N-dealkylation sites (N-methyl/N-ethyl adjacent to an activating group) is 1. The molecule has 1 atom stereocenters. The van der Waals surface area contributed by atoms with Crippen molar-refractivity contribution in [3.8, 4) is 0 Å². The quantitative estimate of drug-likeness (QED) is 0.908. The van der Waals surface area contributed by atoms with Crippen LogP contribution in [0.25, 0.3) is 0 Å². The summed E-state index contributed by atoms with van der Waals surface area (Å²) in [5, 5.41) is 4.13. The van der Waals surface area contributed by atoms with E-state index >= 15 is 0 Å². The summed E-state index contributed by atoms with van der Waals surface area (Å²) in [5.74, 6) is 0.139. The average molecular weight is 267 g/mol. The molecule has 1 N–H and O–H groups in total. The SMILES string of the molecule is CCN(C)C(=O)CNC1CCc2cc(Cl)ccc21. The Kier molecular flexibility index (Phi) is 4.25. The highest BCUT2D eigenvalue weighted by molar-refractivity contribution is 6.30. The number of benzene rings is 1. The van der Waals surface area contributed by atoms with E-state index in [4.69, 9.17) is 11.6 Å². The van der Waals surface area contributed by atoms with Crippen LogP contribution < -0.4 is 5.32 Å². The Morgan fingerprint density at radius 1 is 1.56 bits per heavy atom. The number of fused-ring (bicyclic) bond motifs is 1. The number of amides is 1. The van der Waals surface area contributed by atoms with Gasteiger partial charge < -0.3 is 10.2 Å². The number of carbonyl (C=O) groups is 1. The fourth-order valence-electron chi connectivity index (χ4n) is 2.32. The van der Waals surface area contributed by atoms with E-state index < -0.39 is 0 Å². The van der Waals surface area contributed by atoms with Gasteiger partial charge in [-0.05, 0) is 43.0 Å². The summed E-state index contributed by atoms with van der Waals surface area (Å²) in [6.45, 7) is 3.12. The molecule has 0 spiro atoms. The molecule has 0 bridgehead atoms. The predicted molar refractivity (Wildman–Crippen MR) is 73.8 cm³/mol. The number of carbonyl (C=O) groups excluding carboxylic acids is 1. The molecule has 98 valence electrons. The molecule has 0 aromatic heterocycles. The molecule has 1 amide bonds. The van der Waals surface area contributed by atoms with Crippen molar-refractivity contribution in [2.45, 2.75) is 25.8 Å². The van der Waals surface area contributed by atoms with Crippen LogP contribution in [0.5, 0.6) is 0 Å². The maximum Gasteiger partial charge on any atom is 0.236 e. The lowest BCUT2D eigenvalue weighted by Crippen LogP contribution is -2.36. The molecule has 0 saturated heterocycles. The largest absolute Gasteiger partial charge is 0.345 e. The maximum atomic E-state index is 11.7. The second kappa shape index (κ2) is 5.72. The first-order valence-corrected chi connectivity index (χ1v) is 6.75. The lowest BCUT2D eigenvalue weighted by Gasteiger charge is -2.18. The minimum Gasteiger partial charge on any atom is -0.345 e. The molecule has 1 unspecified atom stereocenters.